The van der Waals surface area contributed by atoms with E-state index in [0.717, 1.165) is 0 Å². The van der Waals surface area contributed by atoms with Gasteiger partial charge in [-0.2, -0.15) is 0 Å². The quantitative estimate of drug-likeness (QED) is 0.638. The molecule has 13 heavy (non-hydrogen) atoms. The first kappa shape index (κ1) is 10.3. The van der Waals surface area contributed by atoms with Crippen molar-refractivity contribution in [2.45, 2.75) is 13.2 Å². The van der Waals surface area contributed by atoms with Crippen LogP contribution in [0.25, 0.3) is 0 Å². The van der Waals surface area contributed by atoms with E-state index >= 15 is 0 Å². The highest BCUT2D eigenvalue weighted by atomic mass is 31.1. The molecule has 70 valence electrons. The van der Waals surface area contributed by atoms with E-state index in [1.54, 1.807) is 6.07 Å². The van der Waals surface area contributed by atoms with Crippen LogP contribution >= 0.6 is 8.03 Å². The molecule has 0 saturated carbocycles. The third-order valence-corrected chi connectivity index (χ3v) is 2.51. The van der Waals surface area contributed by atoms with Crippen molar-refractivity contribution in [1.29, 1.82) is 0 Å². The summed E-state index contributed by atoms with van der Waals surface area (Å²) in [6.45, 7) is -0.522. The summed E-state index contributed by atoms with van der Waals surface area (Å²) in [6.07, 6.45) is 0. The molecule has 0 fully saturated rings. The maximum absolute atomic E-state index is 10.7. The van der Waals surface area contributed by atoms with Gasteiger partial charge in [-0.15, -0.1) is 0 Å². The second kappa shape index (κ2) is 4.44. The average Bonchev–Trinajstić information content (AvgIpc) is 2.16. The van der Waals surface area contributed by atoms with E-state index in [1.165, 1.54) is 12.1 Å². The number of aliphatic hydroxyl groups is 2. The molecule has 0 saturated heterocycles. The summed E-state index contributed by atoms with van der Waals surface area (Å²) in [5.41, 5.74) is 0.875. The van der Waals surface area contributed by atoms with Crippen molar-refractivity contribution >= 4 is 13.3 Å². The second-order valence-corrected chi connectivity index (χ2v) is 3.53. The van der Waals surface area contributed by atoms with Crippen LogP contribution in [-0.2, 0) is 17.8 Å². The smallest absolute Gasteiger partial charge is 0.349 e. The molecule has 0 bridgehead atoms. The summed E-state index contributed by atoms with van der Waals surface area (Å²) < 4.78 is 10.7. The van der Waals surface area contributed by atoms with E-state index in [1.807, 2.05) is 0 Å². The highest BCUT2D eigenvalue weighted by Gasteiger charge is 2.14. The Balaban J connectivity index is 3.18. The lowest BCUT2D eigenvalue weighted by Crippen LogP contribution is -2.12. The molecule has 0 amide bonds. The zero-order valence-corrected chi connectivity index (χ0v) is 7.70. The zero-order valence-electron chi connectivity index (χ0n) is 6.80. The molecule has 1 aromatic rings. The molecule has 1 rings (SSSR count). The first-order chi connectivity index (χ1) is 6.19. The van der Waals surface area contributed by atoms with Crippen LogP contribution in [0.5, 0.6) is 0 Å². The summed E-state index contributed by atoms with van der Waals surface area (Å²) in [6, 6.07) is 4.43. The fourth-order valence-corrected chi connectivity index (χ4v) is 1.66. The van der Waals surface area contributed by atoms with E-state index in [4.69, 9.17) is 10.2 Å². The van der Waals surface area contributed by atoms with E-state index in [2.05, 4.69) is 0 Å². The van der Waals surface area contributed by atoms with Crippen molar-refractivity contribution < 1.29 is 19.7 Å². The number of benzene rings is 1. The lowest BCUT2D eigenvalue weighted by Gasteiger charge is -2.01. The fourth-order valence-electron chi connectivity index (χ4n) is 1.01. The topological polar surface area (TPSA) is 80.6 Å². The van der Waals surface area contributed by atoms with Gasteiger partial charge in [0.15, 0.2) is 5.30 Å². The highest BCUT2D eigenvalue weighted by Crippen LogP contribution is 2.14. The Morgan fingerprint density at radius 2 is 2.00 bits per heavy atom. The molecule has 4 nitrogen and oxygen atoms in total. The van der Waals surface area contributed by atoms with E-state index < -0.39 is 8.03 Å². The molecular weight excluding hydrogens is 191 g/mol. The maximum Gasteiger partial charge on any atom is 0.349 e. The molecule has 1 unspecified atom stereocenters. The van der Waals surface area contributed by atoms with Crippen LogP contribution in [0.4, 0.5) is 0 Å². The monoisotopic (exact) mass is 200 g/mol. The lowest BCUT2D eigenvalue weighted by atomic mass is 10.1. The standard InChI is InChI=1S/C8H9O4P/c9-4-6-1-2-7(5-10)8(3-6)13(11)12/h1-3,9-10H,4-5H2. The minimum Gasteiger partial charge on any atom is -0.591 e. The third-order valence-electron chi connectivity index (χ3n) is 1.70. The van der Waals surface area contributed by atoms with Crippen LogP contribution in [0, 0.1) is 0 Å². The lowest BCUT2D eigenvalue weighted by molar-refractivity contribution is -0.160. The van der Waals surface area contributed by atoms with Gasteiger partial charge < -0.3 is 15.1 Å². The Labute approximate surface area is 76.3 Å². The van der Waals surface area contributed by atoms with Crippen LogP contribution < -0.4 is 10.2 Å². The normalized spacial score (nSPS) is 11.5. The second-order valence-electron chi connectivity index (χ2n) is 2.54. The zero-order chi connectivity index (χ0) is 9.84. The fraction of sp³-hybridized carbons (Fsp3) is 0.250. The highest BCUT2D eigenvalue weighted by molar-refractivity contribution is 7.46. The predicted octanol–water partition coefficient (Wildman–Crippen LogP) is -0.601. The average molecular weight is 200 g/mol. The van der Waals surface area contributed by atoms with E-state index in [-0.39, 0.29) is 18.5 Å². The molecule has 1 aromatic carbocycles. The number of hydrogen-bond donors (Lipinski definition) is 2. The minimum atomic E-state index is -2.72. The van der Waals surface area contributed by atoms with Gasteiger partial charge in [0, 0.05) is 5.56 Å². The van der Waals surface area contributed by atoms with Gasteiger partial charge in [0.1, 0.15) is 0 Å². The Morgan fingerprint density at radius 1 is 1.31 bits per heavy atom. The van der Waals surface area contributed by atoms with Crippen molar-refractivity contribution in [2.24, 2.45) is 0 Å². The minimum absolute atomic E-state index is 0.0732. The van der Waals surface area contributed by atoms with Crippen LogP contribution in [0.3, 0.4) is 0 Å². The Bertz CT molecular complexity index is 324. The number of hydrogen-bond acceptors (Lipinski definition) is 4. The molecule has 0 aromatic heterocycles. The van der Waals surface area contributed by atoms with E-state index in [0.29, 0.717) is 11.1 Å². The SMILES string of the molecule is O=[P+]([O-])c1cc(CO)ccc1CO. The molecule has 5 heteroatoms. The summed E-state index contributed by atoms with van der Waals surface area (Å²) in [5, 5.41) is 17.6. The molecule has 2 N–H and O–H groups in total. The van der Waals surface area contributed by atoms with Crippen LogP contribution in [0.15, 0.2) is 18.2 Å². The van der Waals surface area contributed by atoms with Crippen molar-refractivity contribution in [2.75, 3.05) is 0 Å². The summed E-state index contributed by atoms with van der Waals surface area (Å²) in [5.74, 6) is 0. The van der Waals surface area contributed by atoms with E-state index in [9.17, 15) is 9.46 Å². The molecule has 0 aliphatic carbocycles. The molecule has 0 aliphatic rings. The van der Waals surface area contributed by atoms with Gasteiger partial charge in [-0.25, -0.2) is 0 Å². The van der Waals surface area contributed by atoms with Gasteiger partial charge in [-0.1, -0.05) is 16.7 Å². The molecule has 0 radical (unpaired) electrons. The number of aliphatic hydroxyl groups excluding tert-OH is 2. The molecule has 1 atom stereocenters. The van der Waals surface area contributed by atoms with Crippen molar-refractivity contribution in [3.8, 4) is 0 Å². The van der Waals surface area contributed by atoms with Crippen LogP contribution in [0.2, 0.25) is 0 Å². The Kier molecular flexibility index (Phi) is 3.51. The van der Waals surface area contributed by atoms with Crippen molar-refractivity contribution in [3.63, 3.8) is 0 Å². The predicted molar refractivity (Wildman–Crippen MR) is 45.5 cm³/mol. The molecular formula is C8H9O4P. The van der Waals surface area contributed by atoms with Gasteiger partial charge >= 0.3 is 8.03 Å². The largest absolute Gasteiger partial charge is 0.591 e. The van der Waals surface area contributed by atoms with Gasteiger partial charge in [-0.3, -0.25) is 0 Å². The van der Waals surface area contributed by atoms with Gasteiger partial charge in [-0.05, 0) is 11.6 Å². The van der Waals surface area contributed by atoms with Gasteiger partial charge in [0.25, 0.3) is 0 Å². The van der Waals surface area contributed by atoms with Crippen molar-refractivity contribution in [3.05, 3.63) is 29.3 Å². The van der Waals surface area contributed by atoms with Crippen molar-refractivity contribution in [1.82, 2.24) is 0 Å². The first-order valence-electron chi connectivity index (χ1n) is 3.67. The maximum atomic E-state index is 10.7. The summed E-state index contributed by atoms with van der Waals surface area (Å²) in [7, 11) is -2.72. The summed E-state index contributed by atoms with van der Waals surface area (Å²) >= 11 is 0. The Hall–Kier alpha value is -0.800. The first-order valence-corrected chi connectivity index (χ1v) is 4.84. The van der Waals surface area contributed by atoms with Gasteiger partial charge in [0.05, 0.1) is 13.2 Å². The molecule has 0 heterocycles. The number of rotatable bonds is 3. The molecule has 0 spiro atoms. The summed E-state index contributed by atoms with van der Waals surface area (Å²) in [4.78, 5) is 10.7. The third kappa shape index (κ3) is 2.32. The van der Waals surface area contributed by atoms with Gasteiger partial charge in [0.2, 0.25) is 0 Å². The van der Waals surface area contributed by atoms with Crippen LogP contribution in [0.1, 0.15) is 11.1 Å². The van der Waals surface area contributed by atoms with Crippen LogP contribution in [-0.4, -0.2) is 10.2 Å². The Morgan fingerprint density at radius 3 is 2.46 bits per heavy atom. The molecule has 0 aliphatic heterocycles.